The van der Waals surface area contributed by atoms with Crippen molar-refractivity contribution in [3.8, 4) is 0 Å². The molecule has 1 aromatic carbocycles. The average molecular weight is 513 g/mol. The van der Waals surface area contributed by atoms with Crippen LogP contribution in [0.2, 0.25) is 0 Å². The van der Waals surface area contributed by atoms with Gasteiger partial charge in [-0.15, -0.1) is 0 Å². The van der Waals surface area contributed by atoms with Gasteiger partial charge in [-0.05, 0) is 78.9 Å². The third kappa shape index (κ3) is 4.64. The SMILES string of the molecule is CC[C@@]12CCCN3C(=O)C[C@@](c4ccccc4N(C(=O)OC(C)(C)C)C(=O)OC(C)(C)C)(CCC1=O)[C@H]32. The number of amides is 3. The van der Waals surface area contributed by atoms with E-state index in [1.54, 1.807) is 53.7 Å². The molecule has 202 valence electrons. The van der Waals surface area contributed by atoms with Crippen molar-refractivity contribution in [2.45, 2.75) is 110 Å². The maximum absolute atomic E-state index is 13.5. The third-order valence-corrected chi connectivity index (χ3v) is 7.99. The molecule has 8 nitrogen and oxygen atoms in total. The molecule has 3 aliphatic rings. The summed E-state index contributed by atoms with van der Waals surface area (Å²) in [5.74, 6) is 0.233. The number of piperidine rings is 1. The molecule has 8 heteroatoms. The highest BCUT2D eigenvalue weighted by Crippen LogP contribution is 2.60. The molecular formula is C29H40N2O6. The van der Waals surface area contributed by atoms with Gasteiger partial charge in [-0.2, -0.15) is 4.90 Å². The van der Waals surface area contributed by atoms with Crippen LogP contribution in [0.15, 0.2) is 24.3 Å². The Morgan fingerprint density at radius 1 is 1.00 bits per heavy atom. The van der Waals surface area contributed by atoms with E-state index in [1.165, 1.54) is 0 Å². The fourth-order valence-corrected chi connectivity index (χ4v) is 6.72. The number of anilines is 1. The van der Waals surface area contributed by atoms with Gasteiger partial charge < -0.3 is 14.4 Å². The number of para-hydroxylation sites is 1. The summed E-state index contributed by atoms with van der Waals surface area (Å²) >= 11 is 0. The molecule has 0 radical (unpaired) electrons. The highest BCUT2D eigenvalue weighted by atomic mass is 16.6. The van der Waals surface area contributed by atoms with Crippen LogP contribution in [-0.4, -0.2) is 52.6 Å². The second kappa shape index (κ2) is 9.14. The molecule has 3 atom stereocenters. The molecule has 37 heavy (non-hydrogen) atoms. The predicted molar refractivity (Wildman–Crippen MR) is 139 cm³/mol. The summed E-state index contributed by atoms with van der Waals surface area (Å²) in [6, 6.07) is 6.90. The van der Waals surface area contributed by atoms with E-state index in [9.17, 15) is 19.2 Å². The number of carbonyl (C=O) groups excluding carboxylic acids is 4. The normalized spacial score (nSPS) is 27.5. The Hall–Kier alpha value is -2.90. The molecule has 1 aliphatic carbocycles. The van der Waals surface area contributed by atoms with Gasteiger partial charge in [0, 0.05) is 24.8 Å². The Morgan fingerprint density at radius 3 is 2.16 bits per heavy atom. The first-order valence-electron chi connectivity index (χ1n) is 13.3. The molecule has 3 amide bonds. The molecule has 0 bridgehead atoms. The Labute approximate surface area is 219 Å². The molecule has 0 spiro atoms. The van der Waals surface area contributed by atoms with E-state index < -0.39 is 34.2 Å². The fourth-order valence-electron chi connectivity index (χ4n) is 6.72. The summed E-state index contributed by atoms with van der Waals surface area (Å²) in [6.07, 6.45) is 1.57. The van der Waals surface area contributed by atoms with Gasteiger partial charge in [0.25, 0.3) is 0 Å². The van der Waals surface area contributed by atoms with Crippen molar-refractivity contribution >= 4 is 29.6 Å². The fraction of sp³-hybridized carbons (Fsp3) is 0.655. The molecule has 2 heterocycles. The number of carbonyl (C=O) groups is 4. The number of Topliss-reactive ketones (excluding diaryl/α,β-unsaturated/α-hetero) is 1. The van der Waals surface area contributed by atoms with E-state index in [0.717, 1.165) is 17.7 Å². The monoisotopic (exact) mass is 512 g/mol. The first-order valence-corrected chi connectivity index (χ1v) is 13.3. The molecule has 2 saturated heterocycles. The smallest absolute Gasteiger partial charge is 0.424 e. The Balaban J connectivity index is 1.90. The van der Waals surface area contributed by atoms with Crippen molar-refractivity contribution in [3.05, 3.63) is 29.8 Å². The van der Waals surface area contributed by atoms with Crippen LogP contribution in [0.3, 0.4) is 0 Å². The second-order valence-corrected chi connectivity index (χ2v) is 12.7. The molecule has 3 fully saturated rings. The highest BCUT2D eigenvalue weighted by Gasteiger charge is 2.66. The molecule has 4 rings (SSSR count). The van der Waals surface area contributed by atoms with E-state index >= 15 is 0 Å². The zero-order valence-electron chi connectivity index (χ0n) is 23.2. The average Bonchev–Trinajstić information content (AvgIpc) is 3.08. The van der Waals surface area contributed by atoms with Gasteiger partial charge in [0.05, 0.1) is 17.1 Å². The minimum Gasteiger partial charge on any atom is -0.443 e. The third-order valence-electron chi connectivity index (χ3n) is 7.99. The first kappa shape index (κ1) is 27.1. The van der Waals surface area contributed by atoms with E-state index in [-0.39, 0.29) is 24.2 Å². The molecule has 2 aliphatic heterocycles. The van der Waals surface area contributed by atoms with Gasteiger partial charge in [0.2, 0.25) is 5.91 Å². The van der Waals surface area contributed by atoms with Crippen LogP contribution in [-0.2, 0) is 24.5 Å². The van der Waals surface area contributed by atoms with Crippen LogP contribution < -0.4 is 4.90 Å². The lowest BCUT2D eigenvalue weighted by molar-refractivity contribution is -0.147. The topological polar surface area (TPSA) is 93.2 Å². The maximum Gasteiger partial charge on any atom is 0.424 e. The summed E-state index contributed by atoms with van der Waals surface area (Å²) in [5.41, 5.74) is -1.98. The molecule has 0 N–H and O–H groups in total. The first-order chi connectivity index (χ1) is 17.2. The largest absolute Gasteiger partial charge is 0.443 e. The number of rotatable bonds is 3. The number of benzene rings is 1. The molecule has 0 aromatic heterocycles. The number of nitrogens with zero attached hydrogens (tertiary/aromatic N) is 2. The summed E-state index contributed by atoms with van der Waals surface area (Å²) in [4.78, 5) is 56.8. The van der Waals surface area contributed by atoms with Gasteiger partial charge >= 0.3 is 12.2 Å². The minimum atomic E-state index is -0.845. The number of hydrogen-bond acceptors (Lipinski definition) is 6. The molecule has 1 saturated carbocycles. The van der Waals surface area contributed by atoms with Gasteiger partial charge in [-0.25, -0.2) is 9.59 Å². The van der Waals surface area contributed by atoms with Crippen LogP contribution in [0.4, 0.5) is 15.3 Å². The Bertz CT molecular complexity index is 1090. The Morgan fingerprint density at radius 2 is 1.59 bits per heavy atom. The quantitative estimate of drug-likeness (QED) is 0.512. The van der Waals surface area contributed by atoms with Crippen LogP contribution >= 0.6 is 0 Å². The predicted octanol–water partition coefficient (Wildman–Crippen LogP) is 5.76. The number of hydrogen-bond donors (Lipinski definition) is 0. The van der Waals surface area contributed by atoms with Crippen molar-refractivity contribution in [1.82, 2.24) is 4.90 Å². The van der Waals surface area contributed by atoms with Gasteiger partial charge in [-0.1, -0.05) is 25.1 Å². The van der Waals surface area contributed by atoms with E-state index in [0.29, 0.717) is 37.1 Å². The Kier molecular flexibility index (Phi) is 6.70. The number of ketones is 1. The van der Waals surface area contributed by atoms with Crippen molar-refractivity contribution in [3.63, 3.8) is 0 Å². The van der Waals surface area contributed by atoms with Gasteiger partial charge in [-0.3, -0.25) is 9.59 Å². The minimum absolute atomic E-state index is 0.0214. The lowest BCUT2D eigenvalue weighted by Gasteiger charge is -2.55. The highest BCUT2D eigenvalue weighted by molar-refractivity contribution is 6.10. The van der Waals surface area contributed by atoms with Crippen LogP contribution in [0, 0.1) is 5.41 Å². The van der Waals surface area contributed by atoms with E-state index in [1.807, 2.05) is 24.0 Å². The number of ether oxygens (including phenoxy) is 2. The molecular weight excluding hydrogens is 472 g/mol. The number of imide groups is 1. The summed E-state index contributed by atoms with van der Waals surface area (Å²) in [5, 5.41) is 0. The van der Waals surface area contributed by atoms with Crippen molar-refractivity contribution in [2.24, 2.45) is 5.41 Å². The van der Waals surface area contributed by atoms with Gasteiger partial charge in [0.1, 0.15) is 17.0 Å². The van der Waals surface area contributed by atoms with E-state index in [2.05, 4.69) is 0 Å². The van der Waals surface area contributed by atoms with Gasteiger partial charge in [0.15, 0.2) is 0 Å². The van der Waals surface area contributed by atoms with Crippen molar-refractivity contribution in [2.75, 3.05) is 11.4 Å². The van der Waals surface area contributed by atoms with Crippen LogP contribution in [0.5, 0.6) is 0 Å². The summed E-state index contributed by atoms with van der Waals surface area (Å²) in [7, 11) is 0. The second-order valence-electron chi connectivity index (χ2n) is 12.7. The molecule has 0 unspecified atom stereocenters. The zero-order valence-corrected chi connectivity index (χ0v) is 23.2. The molecule has 1 aromatic rings. The zero-order chi connectivity index (χ0) is 27.4. The lowest BCUT2D eigenvalue weighted by atomic mass is 9.52. The maximum atomic E-state index is 13.5. The van der Waals surface area contributed by atoms with Crippen LogP contribution in [0.25, 0.3) is 0 Å². The van der Waals surface area contributed by atoms with Crippen molar-refractivity contribution < 1.29 is 28.7 Å². The van der Waals surface area contributed by atoms with E-state index in [4.69, 9.17) is 9.47 Å². The standard InChI is InChI=1S/C29H40N2O6/c1-8-28-15-11-17-30-22(33)18-29(23(28)30,16-14-21(28)32)19-12-9-10-13-20(19)31(24(34)36-26(2,3)4)25(35)37-27(5,6)7/h9-10,12-13,23H,8,11,14-18H2,1-7H3/t23-,28-,29-/m1/s1. The van der Waals surface area contributed by atoms with Crippen LogP contribution in [0.1, 0.15) is 92.6 Å². The summed E-state index contributed by atoms with van der Waals surface area (Å²) in [6.45, 7) is 13.1. The summed E-state index contributed by atoms with van der Waals surface area (Å²) < 4.78 is 11.3. The lowest BCUT2D eigenvalue weighted by Crippen LogP contribution is -2.63. The van der Waals surface area contributed by atoms with Crippen molar-refractivity contribution in [1.29, 1.82) is 0 Å².